The standard InChI is InChI=1S/C10H13ClN4O2/c1-7-8(11)9(13-6-12-7)14-2-4-15(5-3-14)10(16)17/h6H,2-5H2,1H3,(H,16,17). The quantitative estimate of drug-likeness (QED) is 0.819. The molecule has 1 aromatic rings. The molecule has 0 aliphatic carbocycles. The van der Waals surface area contributed by atoms with E-state index < -0.39 is 6.09 Å². The molecular weight excluding hydrogens is 244 g/mol. The summed E-state index contributed by atoms with van der Waals surface area (Å²) < 4.78 is 0. The van der Waals surface area contributed by atoms with Crippen LogP contribution in [0.5, 0.6) is 0 Å². The number of carboxylic acid groups (broad SMARTS) is 1. The van der Waals surface area contributed by atoms with Gasteiger partial charge in [0.25, 0.3) is 0 Å². The normalized spacial score (nSPS) is 16.1. The smallest absolute Gasteiger partial charge is 0.407 e. The Morgan fingerprint density at radius 2 is 2.00 bits per heavy atom. The average molecular weight is 257 g/mol. The van der Waals surface area contributed by atoms with Crippen LogP contribution in [-0.4, -0.2) is 52.2 Å². The van der Waals surface area contributed by atoms with Crippen LogP contribution in [0, 0.1) is 6.92 Å². The molecule has 0 aromatic carbocycles. The summed E-state index contributed by atoms with van der Waals surface area (Å²) in [6, 6.07) is 0. The molecule has 1 amide bonds. The first kappa shape index (κ1) is 11.9. The summed E-state index contributed by atoms with van der Waals surface area (Å²) in [5.74, 6) is 0.684. The van der Waals surface area contributed by atoms with Crippen molar-refractivity contribution in [1.29, 1.82) is 0 Å². The zero-order chi connectivity index (χ0) is 12.4. The van der Waals surface area contributed by atoms with Crippen LogP contribution in [0.3, 0.4) is 0 Å². The number of hydrogen-bond acceptors (Lipinski definition) is 4. The largest absolute Gasteiger partial charge is 0.465 e. The van der Waals surface area contributed by atoms with Crippen LogP contribution in [0.25, 0.3) is 0 Å². The van der Waals surface area contributed by atoms with Crippen molar-refractivity contribution in [2.75, 3.05) is 31.1 Å². The Labute approximate surface area is 104 Å². The third-order valence-electron chi connectivity index (χ3n) is 2.80. The molecule has 17 heavy (non-hydrogen) atoms. The number of anilines is 1. The summed E-state index contributed by atoms with van der Waals surface area (Å²) in [4.78, 5) is 22.3. The molecule has 0 atom stereocenters. The number of aryl methyl sites for hydroxylation is 1. The first-order chi connectivity index (χ1) is 8.09. The molecule has 6 nitrogen and oxygen atoms in total. The Morgan fingerprint density at radius 1 is 1.35 bits per heavy atom. The van der Waals surface area contributed by atoms with Gasteiger partial charge in [0.2, 0.25) is 0 Å². The molecule has 0 unspecified atom stereocenters. The predicted octanol–water partition coefficient (Wildman–Crippen LogP) is 1.24. The first-order valence-corrected chi connectivity index (χ1v) is 5.67. The van der Waals surface area contributed by atoms with E-state index in [0.717, 1.165) is 5.69 Å². The van der Waals surface area contributed by atoms with Gasteiger partial charge in [-0.05, 0) is 6.92 Å². The third kappa shape index (κ3) is 2.41. The Hall–Kier alpha value is -1.56. The number of amides is 1. The van der Waals surface area contributed by atoms with Crippen LogP contribution < -0.4 is 4.90 Å². The van der Waals surface area contributed by atoms with E-state index in [2.05, 4.69) is 9.97 Å². The average Bonchev–Trinajstić information content (AvgIpc) is 2.33. The summed E-state index contributed by atoms with van der Waals surface area (Å²) in [6.45, 7) is 3.95. The minimum absolute atomic E-state index is 0.467. The predicted molar refractivity (Wildman–Crippen MR) is 63.6 cm³/mol. The van der Waals surface area contributed by atoms with Gasteiger partial charge in [0.1, 0.15) is 11.3 Å². The summed E-state index contributed by atoms with van der Waals surface area (Å²) >= 11 is 6.13. The van der Waals surface area contributed by atoms with E-state index in [9.17, 15) is 4.79 Å². The molecule has 0 bridgehead atoms. The lowest BCUT2D eigenvalue weighted by Crippen LogP contribution is -2.48. The minimum atomic E-state index is -0.880. The second kappa shape index (κ2) is 4.75. The van der Waals surface area contributed by atoms with Gasteiger partial charge in [-0.25, -0.2) is 14.8 Å². The van der Waals surface area contributed by atoms with E-state index in [1.807, 2.05) is 11.8 Å². The fourth-order valence-electron chi connectivity index (χ4n) is 1.78. The highest BCUT2D eigenvalue weighted by molar-refractivity contribution is 6.33. The van der Waals surface area contributed by atoms with Gasteiger partial charge in [-0.15, -0.1) is 0 Å². The lowest BCUT2D eigenvalue weighted by Gasteiger charge is -2.34. The van der Waals surface area contributed by atoms with Crippen molar-refractivity contribution in [3.05, 3.63) is 17.0 Å². The molecule has 1 N–H and O–H groups in total. The van der Waals surface area contributed by atoms with Gasteiger partial charge >= 0.3 is 6.09 Å². The van der Waals surface area contributed by atoms with Crippen LogP contribution in [0.2, 0.25) is 5.02 Å². The van der Waals surface area contributed by atoms with Crippen molar-refractivity contribution in [3.8, 4) is 0 Å². The first-order valence-electron chi connectivity index (χ1n) is 5.29. The van der Waals surface area contributed by atoms with Crippen LogP contribution in [-0.2, 0) is 0 Å². The summed E-state index contributed by atoms with van der Waals surface area (Å²) in [5, 5.41) is 9.39. The number of hydrogen-bond donors (Lipinski definition) is 1. The number of aromatic nitrogens is 2. The van der Waals surface area contributed by atoms with Gasteiger partial charge in [0.15, 0.2) is 5.82 Å². The molecule has 1 aliphatic rings. The number of nitrogens with zero attached hydrogens (tertiary/aromatic N) is 4. The van der Waals surface area contributed by atoms with Crippen LogP contribution >= 0.6 is 11.6 Å². The highest BCUT2D eigenvalue weighted by atomic mass is 35.5. The van der Waals surface area contributed by atoms with Crippen molar-refractivity contribution < 1.29 is 9.90 Å². The minimum Gasteiger partial charge on any atom is -0.465 e. The van der Waals surface area contributed by atoms with Crippen LogP contribution in [0.4, 0.5) is 10.6 Å². The van der Waals surface area contributed by atoms with Gasteiger partial charge in [-0.1, -0.05) is 11.6 Å². The maximum Gasteiger partial charge on any atom is 0.407 e. The maximum atomic E-state index is 10.8. The number of piperazine rings is 1. The summed E-state index contributed by atoms with van der Waals surface area (Å²) in [6.07, 6.45) is 0.592. The van der Waals surface area contributed by atoms with E-state index in [4.69, 9.17) is 16.7 Å². The Balaban J connectivity index is 2.10. The zero-order valence-electron chi connectivity index (χ0n) is 9.43. The third-order valence-corrected chi connectivity index (χ3v) is 3.24. The van der Waals surface area contributed by atoms with Crippen molar-refractivity contribution in [3.63, 3.8) is 0 Å². The van der Waals surface area contributed by atoms with Gasteiger partial charge in [0.05, 0.1) is 5.69 Å². The molecule has 2 rings (SSSR count). The molecule has 0 radical (unpaired) electrons. The summed E-state index contributed by atoms with van der Waals surface area (Å²) in [7, 11) is 0. The molecule has 1 aliphatic heterocycles. The van der Waals surface area contributed by atoms with Gasteiger partial charge in [-0.3, -0.25) is 0 Å². The molecule has 1 saturated heterocycles. The zero-order valence-corrected chi connectivity index (χ0v) is 10.2. The van der Waals surface area contributed by atoms with Gasteiger partial charge in [-0.2, -0.15) is 0 Å². The number of carbonyl (C=O) groups is 1. The molecule has 1 aromatic heterocycles. The van der Waals surface area contributed by atoms with Gasteiger partial charge in [0, 0.05) is 26.2 Å². The maximum absolute atomic E-state index is 10.8. The SMILES string of the molecule is Cc1ncnc(N2CCN(C(=O)O)CC2)c1Cl. The molecule has 0 saturated carbocycles. The molecule has 7 heteroatoms. The highest BCUT2D eigenvalue weighted by Crippen LogP contribution is 2.25. The second-order valence-electron chi connectivity index (χ2n) is 3.85. The van der Waals surface area contributed by atoms with E-state index >= 15 is 0 Å². The summed E-state index contributed by atoms with van der Waals surface area (Å²) in [5.41, 5.74) is 0.734. The molecule has 0 spiro atoms. The van der Waals surface area contributed by atoms with Crippen molar-refractivity contribution >= 4 is 23.5 Å². The monoisotopic (exact) mass is 256 g/mol. The van der Waals surface area contributed by atoms with Crippen LogP contribution in [0.1, 0.15) is 5.69 Å². The van der Waals surface area contributed by atoms with E-state index in [1.165, 1.54) is 11.2 Å². The number of rotatable bonds is 1. The van der Waals surface area contributed by atoms with Crippen LogP contribution in [0.15, 0.2) is 6.33 Å². The Kier molecular flexibility index (Phi) is 3.33. The van der Waals surface area contributed by atoms with E-state index in [0.29, 0.717) is 37.0 Å². The van der Waals surface area contributed by atoms with Crippen molar-refractivity contribution in [2.45, 2.75) is 6.92 Å². The Morgan fingerprint density at radius 3 is 2.59 bits per heavy atom. The highest BCUT2D eigenvalue weighted by Gasteiger charge is 2.23. The lowest BCUT2D eigenvalue weighted by atomic mass is 10.3. The number of halogens is 1. The molecule has 92 valence electrons. The van der Waals surface area contributed by atoms with E-state index in [1.54, 1.807) is 0 Å². The molecule has 1 fully saturated rings. The van der Waals surface area contributed by atoms with Gasteiger partial charge < -0.3 is 14.9 Å². The lowest BCUT2D eigenvalue weighted by molar-refractivity contribution is 0.142. The fourth-order valence-corrected chi connectivity index (χ4v) is 1.99. The fraction of sp³-hybridized carbons (Fsp3) is 0.500. The van der Waals surface area contributed by atoms with Crippen molar-refractivity contribution in [2.24, 2.45) is 0 Å². The topological polar surface area (TPSA) is 69.6 Å². The van der Waals surface area contributed by atoms with Crippen molar-refractivity contribution in [1.82, 2.24) is 14.9 Å². The Bertz CT molecular complexity index is 432. The molecule has 2 heterocycles. The second-order valence-corrected chi connectivity index (χ2v) is 4.23. The van der Waals surface area contributed by atoms with E-state index in [-0.39, 0.29) is 0 Å². The molecular formula is C10H13ClN4O2.